The summed E-state index contributed by atoms with van der Waals surface area (Å²) in [6.45, 7) is 4.53. The zero-order valence-corrected chi connectivity index (χ0v) is 15.7. The van der Waals surface area contributed by atoms with Gasteiger partial charge in [0.15, 0.2) is 0 Å². The number of ether oxygens (including phenoxy) is 1. The molecule has 1 fully saturated rings. The molecule has 1 aliphatic rings. The monoisotopic (exact) mass is 371 g/mol. The van der Waals surface area contributed by atoms with E-state index >= 15 is 0 Å². The quantitative estimate of drug-likeness (QED) is 0.878. The molecule has 2 aromatic rings. The Morgan fingerprint density at radius 2 is 1.70 bits per heavy atom. The Morgan fingerprint density at radius 1 is 1.00 bits per heavy atom. The summed E-state index contributed by atoms with van der Waals surface area (Å²) in [5.41, 5.74) is 2.13. The zero-order valence-electron chi connectivity index (χ0n) is 15.7. The van der Waals surface area contributed by atoms with Crippen LogP contribution in [0.1, 0.15) is 17.5 Å². The van der Waals surface area contributed by atoms with Crippen LogP contribution in [0.5, 0.6) is 5.75 Å². The molecular formula is C21H26FN3O2. The number of hydrogen-bond acceptors (Lipinski definition) is 3. The Balaban J connectivity index is 1.46. The van der Waals surface area contributed by atoms with E-state index in [1.807, 2.05) is 17.0 Å². The molecule has 27 heavy (non-hydrogen) atoms. The lowest BCUT2D eigenvalue weighted by Crippen LogP contribution is -2.41. The molecule has 3 rings (SSSR count). The molecule has 2 aromatic carbocycles. The summed E-state index contributed by atoms with van der Waals surface area (Å²) in [5, 5.41) is 2.93. The van der Waals surface area contributed by atoms with Gasteiger partial charge >= 0.3 is 6.03 Å². The fourth-order valence-electron chi connectivity index (χ4n) is 3.21. The summed E-state index contributed by atoms with van der Waals surface area (Å²) >= 11 is 0. The molecule has 1 saturated heterocycles. The molecule has 0 aromatic heterocycles. The van der Waals surface area contributed by atoms with E-state index in [1.54, 1.807) is 19.2 Å². The van der Waals surface area contributed by atoms with Crippen molar-refractivity contribution in [1.29, 1.82) is 0 Å². The van der Waals surface area contributed by atoms with Gasteiger partial charge < -0.3 is 15.0 Å². The molecule has 1 N–H and O–H groups in total. The van der Waals surface area contributed by atoms with Crippen molar-refractivity contribution in [2.24, 2.45) is 0 Å². The molecule has 0 saturated carbocycles. The van der Waals surface area contributed by atoms with Crippen LogP contribution in [0, 0.1) is 5.82 Å². The maximum Gasteiger partial charge on any atom is 0.317 e. The van der Waals surface area contributed by atoms with Gasteiger partial charge in [-0.3, -0.25) is 4.90 Å². The van der Waals surface area contributed by atoms with Crippen molar-refractivity contribution in [3.8, 4) is 5.75 Å². The topological polar surface area (TPSA) is 44.8 Å². The number of hydrogen-bond donors (Lipinski definition) is 1. The highest BCUT2D eigenvalue weighted by Crippen LogP contribution is 2.14. The molecule has 6 heteroatoms. The molecular weight excluding hydrogens is 345 g/mol. The Hall–Kier alpha value is -2.60. The van der Waals surface area contributed by atoms with Crippen molar-refractivity contribution in [3.05, 3.63) is 65.5 Å². The molecule has 0 aliphatic carbocycles. The average Bonchev–Trinajstić information content (AvgIpc) is 2.93. The van der Waals surface area contributed by atoms with Gasteiger partial charge in [-0.05, 0) is 41.8 Å². The number of halogens is 1. The highest BCUT2D eigenvalue weighted by molar-refractivity contribution is 5.74. The third-order valence-electron chi connectivity index (χ3n) is 4.80. The molecule has 0 spiro atoms. The van der Waals surface area contributed by atoms with Crippen LogP contribution in [0.3, 0.4) is 0 Å². The molecule has 5 nitrogen and oxygen atoms in total. The molecule has 1 aliphatic heterocycles. The average molecular weight is 371 g/mol. The molecule has 0 radical (unpaired) electrons. The molecule has 2 amide bonds. The number of benzene rings is 2. The minimum Gasteiger partial charge on any atom is -0.497 e. The van der Waals surface area contributed by atoms with E-state index < -0.39 is 0 Å². The second-order valence-electron chi connectivity index (χ2n) is 6.75. The van der Waals surface area contributed by atoms with E-state index in [0.717, 1.165) is 43.9 Å². The SMILES string of the molecule is COc1ccc(CN2CCCN(C(=O)NCc3ccc(F)cc3)CC2)cc1. The smallest absolute Gasteiger partial charge is 0.317 e. The standard InChI is InChI=1S/C21H26FN3O2/c1-27-20-9-5-18(6-10-20)16-24-11-2-12-25(14-13-24)21(26)23-15-17-3-7-19(22)8-4-17/h3-10H,2,11-16H2,1H3,(H,23,26). The predicted molar refractivity (Wildman–Crippen MR) is 103 cm³/mol. The first-order valence-corrected chi connectivity index (χ1v) is 9.26. The van der Waals surface area contributed by atoms with E-state index in [0.29, 0.717) is 13.1 Å². The van der Waals surface area contributed by atoms with Gasteiger partial charge in [-0.1, -0.05) is 24.3 Å². The van der Waals surface area contributed by atoms with Gasteiger partial charge in [-0.15, -0.1) is 0 Å². The lowest BCUT2D eigenvalue weighted by molar-refractivity contribution is 0.197. The van der Waals surface area contributed by atoms with E-state index in [-0.39, 0.29) is 11.8 Å². The number of urea groups is 1. The van der Waals surface area contributed by atoms with Crippen molar-refractivity contribution >= 4 is 6.03 Å². The second-order valence-corrected chi connectivity index (χ2v) is 6.75. The van der Waals surface area contributed by atoms with Gasteiger partial charge in [-0.2, -0.15) is 0 Å². The van der Waals surface area contributed by atoms with Crippen molar-refractivity contribution < 1.29 is 13.9 Å². The van der Waals surface area contributed by atoms with Crippen LogP contribution in [0.2, 0.25) is 0 Å². The summed E-state index contributed by atoms with van der Waals surface area (Å²) in [5.74, 6) is 0.591. The Labute approximate surface area is 159 Å². The number of carbonyl (C=O) groups excluding carboxylic acids is 1. The zero-order chi connectivity index (χ0) is 19.1. The van der Waals surface area contributed by atoms with Crippen LogP contribution >= 0.6 is 0 Å². The minimum atomic E-state index is -0.269. The molecule has 0 bridgehead atoms. The number of nitrogens with zero attached hydrogens (tertiary/aromatic N) is 2. The lowest BCUT2D eigenvalue weighted by atomic mass is 10.2. The van der Waals surface area contributed by atoms with Crippen LogP contribution in [0.25, 0.3) is 0 Å². The number of nitrogens with one attached hydrogen (secondary N) is 1. The number of methoxy groups -OCH3 is 1. The van der Waals surface area contributed by atoms with Crippen molar-refractivity contribution in [3.63, 3.8) is 0 Å². The van der Waals surface area contributed by atoms with Gasteiger partial charge in [0, 0.05) is 39.3 Å². The van der Waals surface area contributed by atoms with Crippen LogP contribution in [0.15, 0.2) is 48.5 Å². The first-order chi connectivity index (χ1) is 13.1. The van der Waals surface area contributed by atoms with Crippen LogP contribution in [0.4, 0.5) is 9.18 Å². The van der Waals surface area contributed by atoms with Crippen molar-refractivity contribution in [1.82, 2.24) is 15.1 Å². The molecule has 1 heterocycles. The summed E-state index contributed by atoms with van der Waals surface area (Å²) in [6, 6.07) is 14.2. The van der Waals surface area contributed by atoms with Crippen LogP contribution < -0.4 is 10.1 Å². The highest BCUT2D eigenvalue weighted by atomic mass is 19.1. The Morgan fingerprint density at radius 3 is 2.41 bits per heavy atom. The van der Waals surface area contributed by atoms with Crippen LogP contribution in [-0.2, 0) is 13.1 Å². The van der Waals surface area contributed by atoms with Gasteiger partial charge in [0.1, 0.15) is 11.6 Å². The van der Waals surface area contributed by atoms with E-state index in [1.165, 1.54) is 17.7 Å². The minimum absolute atomic E-state index is 0.0642. The van der Waals surface area contributed by atoms with E-state index in [9.17, 15) is 9.18 Å². The maximum absolute atomic E-state index is 12.9. The predicted octanol–water partition coefficient (Wildman–Crippen LogP) is 3.25. The van der Waals surface area contributed by atoms with Gasteiger partial charge in [-0.25, -0.2) is 9.18 Å². The fourth-order valence-corrected chi connectivity index (χ4v) is 3.21. The molecule has 0 unspecified atom stereocenters. The number of amides is 2. The Bertz CT molecular complexity index is 734. The van der Waals surface area contributed by atoms with Crippen molar-refractivity contribution in [2.45, 2.75) is 19.5 Å². The molecule has 0 atom stereocenters. The first-order valence-electron chi connectivity index (χ1n) is 9.26. The number of carbonyl (C=O) groups is 1. The van der Waals surface area contributed by atoms with E-state index in [2.05, 4.69) is 22.3 Å². The fraction of sp³-hybridized carbons (Fsp3) is 0.381. The Kier molecular flexibility index (Phi) is 6.65. The second kappa shape index (κ2) is 9.37. The third-order valence-corrected chi connectivity index (χ3v) is 4.80. The maximum atomic E-state index is 12.9. The summed E-state index contributed by atoms with van der Waals surface area (Å²) in [6.07, 6.45) is 0.945. The normalized spacial score (nSPS) is 15.3. The van der Waals surface area contributed by atoms with Gasteiger partial charge in [0.25, 0.3) is 0 Å². The lowest BCUT2D eigenvalue weighted by Gasteiger charge is -2.22. The first kappa shape index (κ1) is 19.2. The molecule has 144 valence electrons. The largest absolute Gasteiger partial charge is 0.497 e. The highest BCUT2D eigenvalue weighted by Gasteiger charge is 2.19. The van der Waals surface area contributed by atoms with Crippen molar-refractivity contribution in [2.75, 3.05) is 33.3 Å². The van der Waals surface area contributed by atoms with Gasteiger partial charge in [0.2, 0.25) is 0 Å². The summed E-state index contributed by atoms with van der Waals surface area (Å²) in [7, 11) is 1.67. The summed E-state index contributed by atoms with van der Waals surface area (Å²) < 4.78 is 18.1. The summed E-state index contributed by atoms with van der Waals surface area (Å²) in [4.78, 5) is 16.7. The van der Waals surface area contributed by atoms with E-state index in [4.69, 9.17) is 4.74 Å². The third kappa shape index (κ3) is 5.69. The number of rotatable bonds is 5. The van der Waals surface area contributed by atoms with Crippen LogP contribution in [-0.4, -0.2) is 49.1 Å². The van der Waals surface area contributed by atoms with Gasteiger partial charge in [0.05, 0.1) is 7.11 Å².